The lowest BCUT2D eigenvalue weighted by atomic mass is 9.80. The van der Waals surface area contributed by atoms with Gasteiger partial charge in [-0.3, -0.25) is 14.9 Å². The second-order valence-corrected chi connectivity index (χ2v) is 8.04. The van der Waals surface area contributed by atoms with Crippen LogP contribution in [0.2, 0.25) is 0 Å². The van der Waals surface area contributed by atoms with Gasteiger partial charge in [-0.25, -0.2) is 0 Å². The van der Waals surface area contributed by atoms with Gasteiger partial charge in [0.05, 0.1) is 6.61 Å². The van der Waals surface area contributed by atoms with Crippen molar-refractivity contribution in [1.82, 2.24) is 5.32 Å². The molecule has 2 unspecified atom stereocenters. The minimum atomic E-state index is -5.09. The van der Waals surface area contributed by atoms with Gasteiger partial charge in [-0.05, 0) is 42.7 Å². The van der Waals surface area contributed by atoms with Gasteiger partial charge in [0.25, 0.3) is 0 Å². The Balaban J connectivity index is 2.01. The molecular formula is C23H20F6N2O4. The average molecular weight is 502 g/mol. The number of rotatable bonds is 7. The van der Waals surface area contributed by atoms with Crippen molar-refractivity contribution in [2.45, 2.75) is 43.7 Å². The summed E-state index contributed by atoms with van der Waals surface area (Å²) >= 11 is 0. The molecule has 0 aromatic heterocycles. The highest BCUT2D eigenvalue weighted by Crippen LogP contribution is 2.45. The third kappa shape index (κ3) is 5.75. The number of ether oxygens (including phenoxy) is 1. The number of aryl methyl sites for hydroxylation is 1. The van der Waals surface area contributed by atoms with E-state index < -0.39 is 52.3 Å². The van der Waals surface area contributed by atoms with Crippen LogP contribution in [0.5, 0.6) is 5.75 Å². The number of hydrogen-bond donors (Lipinski definition) is 1. The number of carbonyl (C=O) groups is 1. The molecule has 2 atom stereocenters. The van der Waals surface area contributed by atoms with Crippen LogP contribution in [-0.4, -0.2) is 35.8 Å². The van der Waals surface area contributed by atoms with Crippen molar-refractivity contribution in [2.75, 3.05) is 6.61 Å². The van der Waals surface area contributed by atoms with E-state index >= 15 is 0 Å². The molecule has 35 heavy (non-hydrogen) atoms. The van der Waals surface area contributed by atoms with Crippen LogP contribution in [0.3, 0.4) is 0 Å². The van der Waals surface area contributed by atoms with Crippen LogP contribution in [0.4, 0.5) is 26.3 Å². The summed E-state index contributed by atoms with van der Waals surface area (Å²) in [5.74, 6) is -1.40. The van der Waals surface area contributed by atoms with E-state index in [-0.39, 0.29) is 24.3 Å². The van der Waals surface area contributed by atoms with Gasteiger partial charge < -0.3 is 10.1 Å². The number of carbonyl (C=O) groups excluding carboxylic acids is 1. The highest BCUT2D eigenvalue weighted by atomic mass is 19.4. The first-order valence-corrected chi connectivity index (χ1v) is 10.4. The third-order valence-corrected chi connectivity index (χ3v) is 5.46. The Kier molecular flexibility index (Phi) is 7.13. The van der Waals surface area contributed by atoms with Crippen molar-refractivity contribution in [3.63, 3.8) is 0 Å². The Labute approximate surface area is 195 Å². The molecule has 1 amide bonds. The maximum Gasteiger partial charge on any atom is 0.419 e. The molecule has 0 saturated carbocycles. The van der Waals surface area contributed by atoms with Crippen LogP contribution in [0, 0.1) is 17.0 Å². The zero-order chi connectivity index (χ0) is 26.0. The molecule has 0 bridgehead atoms. The summed E-state index contributed by atoms with van der Waals surface area (Å²) in [5, 5.41) is 13.3. The number of nitrogens with one attached hydrogen (secondary N) is 1. The maximum atomic E-state index is 14.4. The normalized spacial score (nSPS) is 20.7. The van der Waals surface area contributed by atoms with Gasteiger partial charge in [-0.15, -0.1) is 0 Å². The number of amides is 1. The number of nitrogens with zero attached hydrogens (tertiary/aromatic N) is 1. The summed E-state index contributed by atoms with van der Waals surface area (Å²) < 4.78 is 85.2. The number of nitro groups is 1. The Morgan fingerprint density at radius 2 is 1.63 bits per heavy atom. The van der Waals surface area contributed by atoms with Gasteiger partial charge in [-0.2, -0.15) is 26.3 Å². The Morgan fingerprint density at radius 3 is 2.14 bits per heavy atom. The quantitative estimate of drug-likeness (QED) is 0.240. The predicted molar refractivity (Wildman–Crippen MR) is 113 cm³/mol. The number of benzene rings is 2. The second kappa shape index (κ2) is 9.59. The fourth-order valence-corrected chi connectivity index (χ4v) is 3.70. The summed E-state index contributed by atoms with van der Waals surface area (Å²) in [5.41, 5.74) is -3.09. The van der Waals surface area contributed by atoms with E-state index in [1.54, 1.807) is 24.4 Å². The summed E-state index contributed by atoms with van der Waals surface area (Å²) in [4.78, 5) is 23.3. The lowest BCUT2D eigenvalue weighted by molar-refractivity contribution is -0.493. The summed E-state index contributed by atoms with van der Waals surface area (Å²) in [6.45, 7) is 1.42. The summed E-state index contributed by atoms with van der Waals surface area (Å²) in [6, 6.07) is 8.11. The SMILES string of the molecule is Cc1ccc(C2=CC(c3ccc(OCCCC(F)(F)F)cc3)(C(F)(F)F)NC(=O)C2[N+](=O)[O-])cc1. The lowest BCUT2D eigenvalue weighted by Crippen LogP contribution is -2.61. The molecule has 0 spiro atoms. The minimum absolute atomic E-state index is 0.0290. The molecule has 0 fully saturated rings. The van der Waals surface area contributed by atoms with Crippen LogP contribution in [-0.2, 0) is 10.3 Å². The van der Waals surface area contributed by atoms with Crippen molar-refractivity contribution in [2.24, 2.45) is 0 Å². The van der Waals surface area contributed by atoms with Crippen molar-refractivity contribution in [3.05, 3.63) is 81.4 Å². The van der Waals surface area contributed by atoms with Gasteiger partial charge in [0.2, 0.25) is 0 Å². The smallest absolute Gasteiger partial charge is 0.419 e. The molecule has 6 nitrogen and oxygen atoms in total. The van der Waals surface area contributed by atoms with Crippen LogP contribution in [0.15, 0.2) is 54.6 Å². The van der Waals surface area contributed by atoms with Crippen molar-refractivity contribution < 1.29 is 40.8 Å². The Bertz CT molecular complexity index is 1110. The van der Waals surface area contributed by atoms with Crippen molar-refractivity contribution in [1.29, 1.82) is 0 Å². The zero-order valence-corrected chi connectivity index (χ0v) is 18.2. The van der Waals surface area contributed by atoms with Crippen LogP contribution in [0.1, 0.15) is 29.5 Å². The predicted octanol–water partition coefficient (Wildman–Crippen LogP) is 5.33. The molecule has 0 saturated heterocycles. The van der Waals surface area contributed by atoms with E-state index in [0.29, 0.717) is 6.08 Å². The lowest BCUT2D eigenvalue weighted by Gasteiger charge is -2.38. The molecule has 0 aliphatic carbocycles. The molecule has 1 aliphatic rings. The first kappa shape index (κ1) is 26.0. The van der Waals surface area contributed by atoms with E-state index in [0.717, 1.165) is 29.8 Å². The molecule has 0 radical (unpaired) electrons. The topological polar surface area (TPSA) is 81.5 Å². The Morgan fingerprint density at radius 1 is 1.03 bits per heavy atom. The Hall–Kier alpha value is -3.57. The van der Waals surface area contributed by atoms with Gasteiger partial charge >= 0.3 is 24.3 Å². The standard InChI is InChI=1S/C23H20F6N2O4/c1-14-3-5-15(6-4-14)18-13-21(23(27,28)29,30-20(32)19(18)31(33)34)16-7-9-17(10-8-16)35-12-2-11-22(24,25)26/h3-10,13,19H,2,11-12H2,1H3,(H,30,32). The van der Waals surface area contributed by atoms with Gasteiger partial charge in [0.1, 0.15) is 5.75 Å². The number of alkyl halides is 6. The van der Waals surface area contributed by atoms with Gasteiger partial charge in [0.15, 0.2) is 5.54 Å². The highest BCUT2D eigenvalue weighted by molar-refractivity contribution is 5.98. The van der Waals surface area contributed by atoms with Gasteiger partial charge in [-0.1, -0.05) is 42.0 Å². The molecule has 1 aliphatic heterocycles. The number of halogens is 6. The van der Waals surface area contributed by atoms with E-state index in [1.165, 1.54) is 12.1 Å². The van der Waals surface area contributed by atoms with Crippen LogP contribution >= 0.6 is 0 Å². The fraction of sp³-hybridized carbons (Fsp3) is 0.348. The first-order chi connectivity index (χ1) is 16.2. The second-order valence-electron chi connectivity index (χ2n) is 8.04. The van der Waals surface area contributed by atoms with Gasteiger partial charge in [0, 0.05) is 16.9 Å². The largest absolute Gasteiger partial charge is 0.494 e. The fourth-order valence-electron chi connectivity index (χ4n) is 3.70. The molecule has 12 heteroatoms. The third-order valence-electron chi connectivity index (χ3n) is 5.46. The molecular weight excluding hydrogens is 482 g/mol. The summed E-state index contributed by atoms with van der Waals surface area (Å²) in [7, 11) is 0. The van der Waals surface area contributed by atoms with Crippen LogP contribution in [0.25, 0.3) is 5.57 Å². The average Bonchev–Trinajstić information content (AvgIpc) is 2.75. The molecule has 1 N–H and O–H groups in total. The molecule has 2 aromatic carbocycles. The highest BCUT2D eigenvalue weighted by Gasteiger charge is 2.60. The zero-order valence-electron chi connectivity index (χ0n) is 18.2. The minimum Gasteiger partial charge on any atom is -0.494 e. The van der Waals surface area contributed by atoms with Crippen molar-refractivity contribution >= 4 is 11.5 Å². The summed E-state index contributed by atoms with van der Waals surface area (Å²) in [6.07, 6.45) is -10.2. The molecule has 188 valence electrons. The monoisotopic (exact) mass is 502 g/mol. The van der Waals surface area contributed by atoms with Crippen molar-refractivity contribution in [3.8, 4) is 5.75 Å². The van der Waals surface area contributed by atoms with Crippen LogP contribution < -0.4 is 10.1 Å². The number of hydrogen-bond acceptors (Lipinski definition) is 4. The molecule has 2 aromatic rings. The van der Waals surface area contributed by atoms with E-state index in [2.05, 4.69) is 0 Å². The maximum absolute atomic E-state index is 14.4. The first-order valence-electron chi connectivity index (χ1n) is 10.4. The van der Waals surface area contributed by atoms with E-state index in [9.17, 15) is 41.3 Å². The van der Waals surface area contributed by atoms with E-state index in [1.807, 2.05) is 0 Å². The molecule has 3 rings (SSSR count). The molecule has 1 heterocycles. The van der Waals surface area contributed by atoms with E-state index in [4.69, 9.17) is 4.74 Å².